The van der Waals surface area contributed by atoms with Crippen LogP contribution in [0.1, 0.15) is 47.6 Å². The molecule has 0 bridgehead atoms. The molecule has 0 atom stereocenters. The third kappa shape index (κ3) is 9.15. The second kappa shape index (κ2) is 14.5. The zero-order chi connectivity index (χ0) is 33.4. The Balaban J connectivity index is 0.000000707. The summed E-state index contributed by atoms with van der Waals surface area (Å²) in [6.45, 7) is 5.35. The minimum Gasteiger partial charge on any atom is -0.475 e. The smallest absolute Gasteiger partial charge is 0.475 e. The van der Waals surface area contributed by atoms with Crippen molar-refractivity contribution in [2.75, 3.05) is 25.0 Å². The van der Waals surface area contributed by atoms with Crippen LogP contribution >= 0.6 is 0 Å². The maximum atomic E-state index is 13.0. The van der Waals surface area contributed by atoms with Crippen LogP contribution in [0.4, 0.5) is 32.3 Å². The van der Waals surface area contributed by atoms with E-state index in [1.54, 1.807) is 33.7 Å². The van der Waals surface area contributed by atoms with E-state index in [9.17, 15) is 31.1 Å². The number of aliphatic carboxylic acids is 1. The Bertz CT molecular complexity index is 1660. The highest BCUT2D eigenvalue weighted by atomic mass is 19.4. The van der Waals surface area contributed by atoms with Crippen LogP contribution in [0.3, 0.4) is 0 Å². The third-order valence-electron chi connectivity index (χ3n) is 6.32. The number of amides is 1. The number of fused-ring (bicyclic) bond motifs is 1. The number of carboxylic acids is 1. The molecule has 0 unspecified atom stereocenters. The van der Waals surface area contributed by atoms with Gasteiger partial charge in [-0.25, -0.2) is 14.8 Å². The Labute approximate surface area is 253 Å². The van der Waals surface area contributed by atoms with Crippen LogP contribution in [-0.2, 0) is 17.4 Å². The number of anilines is 1. The fraction of sp³-hybridized carbons (Fsp3) is 0.310. The lowest BCUT2D eigenvalue weighted by Crippen LogP contribution is -2.30. The van der Waals surface area contributed by atoms with E-state index >= 15 is 0 Å². The van der Waals surface area contributed by atoms with E-state index in [0.717, 1.165) is 17.8 Å². The maximum Gasteiger partial charge on any atom is 0.490 e. The van der Waals surface area contributed by atoms with Gasteiger partial charge in [-0.1, -0.05) is 12.1 Å². The third-order valence-corrected chi connectivity index (χ3v) is 6.32. The van der Waals surface area contributed by atoms with E-state index in [0.29, 0.717) is 60.9 Å². The Morgan fingerprint density at radius 3 is 2.18 bits per heavy atom. The molecule has 4 rings (SSSR count). The highest BCUT2D eigenvalue weighted by Gasteiger charge is 2.38. The van der Waals surface area contributed by atoms with Crippen molar-refractivity contribution in [2.24, 2.45) is 0 Å². The molecule has 0 fully saturated rings. The van der Waals surface area contributed by atoms with Gasteiger partial charge >= 0.3 is 18.3 Å². The number of rotatable bonds is 9. The zero-order valence-electron chi connectivity index (χ0n) is 23.9. The Kier molecular flexibility index (Phi) is 11.1. The maximum absolute atomic E-state index is 13.0. The number of nitriles is 1. The van der Waals surface area contributed by atoms with Gasteiger partial charge in [0, 0.05) is 49.4 Å². The number of benzene rings is 1. The number of pyridine rings is 1. The van der Waals surface area contributed by atoms with Crippen LogP contribution in [0.25, 0.3) is 16.9 Å². The Morgan fingerprint density at radius 2 is 1.67 bits per heavy atom. The van der Waals surface area contributed by atoms with Crippen LogP contribution < -0.4 is 5.32 Å². The minimum absolute atomic E-state index is 0.215. The van der Waals surface area contributed by atoms with E-state index in [-0.39, 0.29) is 11.6 Å². The molecule has 0 aliphatic carbocycles. The van der Waals surface area contributed by atoms with Crippen molar-refractivity contribution in [2.45, 2.75) is 39.0 Å². The Hall–Kier alpha value is -5.20. The molecule has 0 saturated carbocycles. The number of carbonyl (C=O) groups excluding carboxylic acids is 1. The van der Waals surface area contributed by atoms with E-state index in [1.165, 1.54) is 18.3 Å². The molecule has 3 heterocycles. The van der Waals surface area contributed by atoms with E-state index in [2.05, 4.69) is 20.3 Å². The molecule has 0 saturated heterocycles. The number of alkyl halides is 6. The highest BCUT2D eigenvalue weighted by molar-refractivity contribution is 5.93. The number of carbonyl (C=O) groups is 2. The van der Waals surface area contributed by atoms with Crippen LogP contribution in [0.5, 0.6) is 0 Å². The van der Waals surface area contributed by atoms with Crippen molar-refractivity contribution in [1.82, 2.24) is 24.3 Å². The van der Waals surface area contributed by atoms with Gasteiger partial charge < -0.3 is 15.3 Å². The second-order valence-electron chi connectivity index (χ2n) is 9.36. The van der Waals surface area contributed by atoms with Crippen molar-refractivity contribution in [3.63, 3.8) is 0 Å². The SMILES string of the molecule is CCN(CC)C(=O)c1cn2c(NCCCc3ccc(C#N)cn3)nc(-c3ccc(C(F)(F)F)cc3)cc2n1.O=C(O)C(F)(F)F. The number of carboxylic acid groups (broad SMARTS) is 1. The quantitative estimate of drug-likeness (QED) is 0.173. The topological polar surface area (TPSA) is 137 Å². The molecule has 45 heavy (non-hydrogen) atoms. The van der Waals surface area contributed by atoms with Crippen molar-refractivity contribution >= 4 is 23.5 Å². The average molecular weight is 636 g/mol. The Morgan fingerprint density at radius 1 is 1.02 bits per heavy atom. The van der Waals surface area contributed by atoms with Crippen LogP contribution in [0.15, 0.2) is 54.9 Å². The molecule has 1 amide bonds. The molecule has 0 spiro atoms. The fourth-order valence-corrected chi connectivity index (χ4v) is 3.98. The number of imidazole rings is 1. The predicted octanol–water partition coefficient (Wildman–Crippen LogP) is 5.84. The largest absolute Gasteiger partial charge is 0.490 e. The van der Waals surface area contributed by atoms with Gasteiger partial charge in [0.25, 0.3) is 5.91 Å². The van der Waals surface area contributed by atoms with Crippen molar-refractivity contribution in [3.05, 3.63) is 77.4 Å². The lowest BCUT2D eigenvalue weighted by Gasteiger charge is -2.16. The van der Waals surface area contributed by atoms with E-state index in [4.69, 9.17) is 15.2 Å². The van der Waals surface area contributed by atoms with Gasteiger partial charge in [0.05, 0.1) is 16.8 Å². The monoisotopic (exact) mass is 635 g/mol. The molecule has 1 aromatic carbocycles. The molecule has 4 aromatic rings. The molecule has 0 aliphatic heterocycles. The number of hydrogen-bond donors (Lipinski definition) is 2. The van der Waals surface area contributed by atoms with Crippen LogP contribution in [-0.4, -0.2) is 67.0 Å². The number of nitrogens with one attached hydrogen (secondary N) is 1. The first-order chi connectivity index (χ1) is 21.2. The standard InChI is InChI=1S/C27H26F3N7O.C2HF3O2/c1-3-36(4-2)25(38)23-17-37-24(34-23)14-22(19-8-10-20(11-9-19)27(28,29)30)35-26(37)32-13-5-6-21-12-7-18(15-31)16-33-21;3-2(4,5)1(6)7/h7-12,14,16-17H,3-6,13H2,1-2H3,(H,32,35);(H,6,7). The highest BCUT2D eigenvalue weighted by Crippen LogP contribution is 2.31. The number of aromatic nitrogens is 4. The summed E-state index contributed by atoms with van der Waals surface area (Å²) in [5.41, 5.74) is 2.21. The van der Waals surface area contributed by atoms with Gasteiger partial charge in [-0.3, -0.25) is 14.2 Å². The molecule has 0 aliphatic rings. The first-order valence-corrected chi connectivity index (χ1v) is 13.4. The summed E-state index contributed by atoms with van der Waals surface area (Å²) in [5.74, 6) is -2.56. The number of nitrogens with zero attached hydrogens (tertiary/aromatic N) is 6. The average Bonchev–Trinajstić information content (AvgIpc) is 3.44. The summed E-state index contributed by atoms with van der Waals surface area (Å²) < 4.78 is 72.5. The fourth-order valence-electron chi connectivity index (χ4n) is 3.98. The molecule has 238 valence electrons. The van der Waals surface area contributed by atoms with Gasteiger partial charge in [-0.15, -0.1) is 0 Å². The van der Waals surface area contributed by atoms with Gasteiger partial charge in [0.15, 0.2) is 0 Å². The van der Waals surface area contributed by atoms with Crippen LogP contribution in [0, 0.1) is 11.3 Å². The summed E-state index contributed by atoms with van der Waals surface area (Å²) in [4.78, 5) is 36.9. The van der Waals surface area contributed by atoms with E-state index in [1.807, 2.05) is 19.9 Å². The van der Waals surface area contributed by atoms with Gasteiger partial charge in [-0.05, 0) is 51.0 Å². The lowest BCUT2D eigenvalue weighted by molar-refractivity contribution is -0.192. The second-order valence-corrected chi connectivity index (χ2v) is 9.36. The number of aryl methyl sites for hydroxylation is 1. The molecular formula is C29H27F6N7O3. The minimum atomic E-state index is -5.08. The van der Waals surface area contributed by atoms with E-state index < -0.39 is 23.9 Å². The normalized spacial score (nSPS) is 11.4. The van der Waals surface area contributed by atoms with Gasteiger partial charge in [-0.2, -0.15) is 31.6 Å². The molecule has 2 N–H and O–H groups in total. The molecule has 10 nitrogen and oxygen atoms in total. The van der Waals surface area contributed by atoms with Crippen molar-refractivity contribution in [3.8, 4) is 17.3 Å². The first-order valence-electron chi connectivity index (χ1n) is 13.4. The molecule has 16 heteroatoms. The summed E-state index contributed by atoms with van der Waals surface area (Å²) in [5, 5.41) is 19.3. The van der Waals surface area contributed by atoms with Gasteiger partial charge in [0.1, 0.15) is 17.4 Å². The first kappa shape index (κ1) is 34.3. The number of halogens is 6. The predicted molar refractivity (Wildman–Crippen MR) is 150 cm³/mol. The molecule has 0 radical (unpaired) electrons. The van der Waals surface area contributed by atoms with Gasteiger partial charge in [0.2, 0.25) is 5.95 Å². The zero-order valence-corrected chi connectivity index (χ0v) is 23.9. The summed E-state index contributed by atoms with van der Waals surface area (Å²) in [6, 6.07) is 12.0. The summed E-state index contributed by atoms with van der Waals surface area (Å²) in [7, 11) is 0. The molecule has 3 aromatic heterocycles. The summed E-state index contributed by atoms with van der Waals surface area (Å²) in [6.07, 6.45) is -5.01. The summed E-state index contributed by atoms with van der Waals surface area (Å²) >= 11 is 0. The van der Waals surface area contributed by atoms with Crippen LogP contribution in [0.2, 0.25) is 0 Å². The van der Waals surface area contributed by atoms with Crippen molar-refractivity contribution in [1.29, 1.82) is 5.26 Å². The number of hydrogen-bond acceptors (Lipinski definition) is 7. The molecular weight excluding hydrogens is 608 g/mol. The lowest BCUT2D eigenvalue weighted by atomic mass is 10.1. The van der Waals surface area contributed by atoms with Crippen molar-refractivity contribution < 1.29 is 41.0 Å².